The average Bonchev–Trinajstić information content (AvgIpc) is 2.47. The minimum Gasteiger partial charge on any atom is -0.488 e. The number of esters is 1. The van der Waals surface area contributed by atoms with Gasteiger partial charge in [-0.25, -0.2) is 0 Å². The van der Waals surface area contributed by atoms with E-state index in [0.717, 1.165) is 0 Å². The summed E-state index contributed by atoms with van der Waals surface area (Å²) in [4.78, 5) is 36.6. The Labute approximate surface area is 117 Å². The number of anilines is 1. The predicted molar refractivity (Wildman–Crippen MR) is 74.1 cm³/mol. The molecule has 2 rings (SSSR count). The van der Waals surface area contributed by atoms with Crippen LogP contribution in [0.2, 0.25) is 0 Å². The van der Waals surface area contributed by atoms with Gasteiger partial charge in [0.2, 0.25) is 0 Å². The fraction of sp³-hybridized carbons (Fsp3) is 0.643. The monoisotopic (exact) mass is 281 g/mol. The Morgan fingerprint density at radius 1 is 1.15 bits per heavy atom. The zero-order valence-corrected chi connectivity index (χ0v) is 11.8. The third-order valence-corrected chi connectivity index (χ3v) is 3.56. The Hall–Kier alpha value is -1.85. The van der Waals surface area contributed by atoms with Gasteiger partial charge >= 0.3 is 5.97 Å². The van der Waals surface area contributed by atoms with Crippen LogP contribution in [0, 0.1) is 5.92 Å². The van der Waals surface area contributed by atoms with E-state index in [1.807, 2.05) is 4.90 Å². The molecule has 0 amide bonds. The molecule has 110 valence electrons. The Kier molecular flexibility index (Phi) is 4.42. The lowest BCUT2D eigenvalue weighted by molar-refractivity contribution is -0.148. The first-order valence-electron chi connectivity index (χ1n) is 6.97. The molecular formula is C14H19NO5. The predicted octanol–water partition coefficient (Wildman–Crippen LogP) is 0.461. The number of hydrogen-bond donors (Lipinski definition) is 0. The molecule has 0 N–H and O–H groups in total. The van der Waals surface area contributed by atoms with Gasteiger partial charge in [-0.2, -0.15) is 0 Å². The molecule has 0 aliphatic carbocycles. The van der Waals surface area contributed by atoms with E-state index in [4.69, 9.17) is 9.47 Å². The summed E-state index contributed by atoms with van der Waals surface area (Å²) in [5.41, 5.74) is -0.656. The minimum atomic E-state index is -0.547. The van der Waals surface area contributed by atoms with Crippen LogP contribution in [-0.4, -0.2) is 32.3 Å². The largest absolute Gasteiger partial charge is 0.488 e. The Bertz CT molecular complexity index is 550. The zero-order chi connectivity index (χ0) is 14.7. The van der Waals surface area contributed by atoms with E-state index in [9.17, 15) is 14.4 Å². The first-order chi connectivity index (χ1) is 9.60. The topological polar surface area (TPSA) is 72.9 Å². The van der Waals surface area contributed by atoms with E-state index in [2.05, 4.69) is 0 Å². The Balaban J connectivity index is 2.01. The van der Waals surface area contributed by atoms with Crippen LogP contribution in [0.15, 0.2) is 9.59 Å². The molecule has 0 bridgehead atoms. The second kappa shape index (κ2) is 6.07. The number of rotatable bonds is 5. The van der Waals surface area contributed by atoms with Gasteiger partial charge in [0.15, 0.2) is 5.75 Å². The lowest BCUT2D eigenvalue weighted by atomic mass is 9.96. The number of hydrogen-bond acceptors (Lipinski definition) is 6. The molecule has 6 heteroatoms. The number of piperidine rings is 1. The van der Waals surface area contributed by atoms with Gasteiger partial charge in [-0.1, -0.05) is 0 Å². The maximum Gasteiger partial charge on any atom is 0.309 e. The average molecular weight is 281 g/mol. The van der Waals surface area contributed by atoms with Gasteiger partial charge in [-0.05, 0) is 26.7 Å². The first kappa shape index (κ1) is 14.6. The molecule has 1 aromatic carbocycles. The second-order valence-electron chi connectivity index (χ2n) is 4.78. The van der Waals surface area contributed by atoms with Crippen molar-refractivity contribution in [2.45, 2.75) is 26.7 Å². The fourth-order valence-corrected chi connectivity index (χ4v) is 2.52. The minimum absolute atomic E-state index is 0.117. The van der Waals surface area contributed by atoms with E-state index in [0.29, 0.717) is 44.8 Å². The Morgan fingerprint density at radius 2 is 1.80 bits per heavy atom. The number of carbonyl (C=O) groups excluding carboxylic acids is 1. The molecular weight excluding hydrogens is 262 g/mol. The molecule has 1 aromatic rings. The van der Waals surface area contributed by atoms with E-state index >= 15 is 0 Å². The van der Waals surface area contributed by atoms with E-state index in [-0.39, 0.29) is 17.6 Å². The van der Waals surface area contributed by atoms with Crippen molar-refractivity contribution in [3.05, 3.63) is 20.4 Å². The number of nitrogens with zero attached hydrogens (tertiary/aromatic N) is 1. The summed E-state index contributed by atoms with van der Waals surface area (Å²) < 4.78 is 10.2. The summed E-state index contributed by atoms with van der Waals surface area (Å²) in [6.45, 7) is 5.42. The van der Waals surface area contributed by atoms with Crippen LogP contribution in [0.1, 0.15) is 26.7 Å². The molecule has 0 spiro atoms. The molecule has 20 heavy (non-hydrogen) atoms. The maximum absolute atomic E-state index is 11.6. The van der Waals surface area contributed by atoms with E-state index in [1.54, 1.807) is 13.8 Å². The summed E-state index contributed by atoms with van der Waals surface area (Å²) in [6, 6.07) is 0. The van der Waals surface area contributed by atoms with Crippen molar-refractivity contribution < 1.29 is 14.3 Å². The highest BCUT2D eigenvalue weighted by Gasteiger charge is 2.32. The lowest BCUT2D eigenvalue weighted by Gasteiger charge is -2.33. The van der Waals surface area contributed by atoms with Crippen LogP contribution in [0.5, 0.6) is 5.75 Å². The third-order valence-electron chi connectivity index (χ3n) is 3.56. The highest BCUT2D eigenvalue weighted by molar-refractivity contribution is 5.73. The lowest BCUT2D eigenvalue weighted by Crippen LogP contribution is -2.45. The second-order valence-corrected chi connectivity index (χ2v) is 4.78. The van der Waals surface area contributed by atoms with Crippen molar-refractivity contribution in [3.8, 4) is 5.75 Å². The summed E-state index contributed by atoms with van der Waals surface area (Å²) in [6.07, 6.45) is 1.26. The van der Waals surface area contributed by atoms with E-state index < -0.39 is 10.9 Å². The highest BCUT2D eigenvalue weighted by atomic mass is 16.5. The number of ether oxygens (including phenoxy) is 2. The van der Waals surface area contributed by atoms with Crippen molar-refractivity contribution >= 4 is 11.7 Å². The third kappa shape index (κ3) is 2.55. The molecule has 1 heterocycles. The van der Waals surface area contributed by atoms with Crippen LogP contribution in [0.3, 0.4) is 0 Å². The molecule has 0 radical (unpaired) electrons. The standard InChI is InChI=1S/C14H19NO5/c1-3-19-13-10(11(16)12(13)17)15-7-5-9(6-8-15)14(18)20-4-2/h9H,3-8H2,1-2H3. The zero-order valence-electron chi connectivity index (χ0n) is 11.8. The normalized spacial score (nSPS) is 16.4. The van der Waals surface area contributed by atoms with Crippen LogP contribution >= 0.6 is 0 Å². The summed E-state index contributed by atoms with van der Waals surface area (Å²) >= 11 is 0. The molecule has 1 fully saturated rings. The Morgan fingerprint density at radius 3 is 2.35 bits per heavy atom. The van der Waals surface area contributed by atoms with Crippen LogP contribution in [0.4, 0.5) is 5.69 Å². The van der Waals surface area contributed by atoms with Crippen LogP contribution < -0.4 is 20.5 Å². The van der Waals surface area contributed by atoms with Crippen molar-refractivity contribution in [3.63, 3.8) is 0 Å². The van der Waals surface area contributed by atoms with Gasteiger partial charge in [-0.15, -0.1) is 0 Å². The molecule has 1 saturated heterocycles. The molecule has 1 aliphatic rings. The summed E-state index contributed by atoms with van der Waals surface area (Å²) in [5, 5.41) is 0. The molecule has 1 aliphatic heterocycles. The van der Waals surface area contributed by atoms with Gasteiger partial charge in [0.05, 0.1) is 19.1 Å². The van der Waals surface area contributed by atoms with Gasteiger partial charge in [-0.3, -0.25) is 14.4 Å². The fourth-order valence-electron chi connectivity index (χ4n) is 2.52. The highest BCUT2D eigenvalue weighted by Crippen LogP contribution is 2.28. The maximum atomic E-state index is 11.6. The van der Waals surface area contributed by atoms with Crippen molar-refractivity contribution in [1.82, 2.24) is 0 Å². The van der Waals surface area contributed by atoms with Crippen LogP contribution in [0.25, 0.3) is 0 Å². The number of carbonyl (C=O) groups is 1. The van der Waals surface area contributed by atoms with Crippen molar-refractivity contribution in [1.29, 1.82) is 0 Å². The summed E-state index contributed by atoms with van der Waals surface area (Å²) in [5.74, 6) is -0.123. The molecule has 0 unspecified atom stereocenters. The SMILES string of the molecule is CCOC(=O)C1CCN(c2c(OCC)c(=O)c2=O)CC1. The van der Waals surface area contributed by atoms with Gasteiger partial charge in [0, 0.05) is 13.1 Å². The molecule has 0 saturated carbocycles. The van der Waals surface area contributed by atoms with Crippen molar-refractivity contribution in [2.75, 3.05) is 31.2 Å². The smallest absolute Gasteiger partial charge is 0.309 e. The van der Waals surface area contributed by atoms with Gasteiger partial charge in [0.25, 0.3) is 10.9 Å². The molecule has 0 aromatic heterocycles. The first-order valence-corrected chi connectivity index (χ1v) is 6.97. The van der Waals surface area contributed by atoms with E-state index in [1.165, 1.54) is 0 Å². The van der Waals surface area contributed by atoms with Crippen molar-refractivity contribution in [2.24, 2.45) is 5.92 Å². The molecule has 0 atom stereocenters. The van der Waals surface area contributed by atoms with Crippen LogP contribution in [-0.2, 0) is 9.53 Å². The quantitative estimate of drug-likeness (QED) is 0.577. The van der Waals surface area contributed by atoms with Gasteiger partial charge < -0.3 is 14.4 Å². The van der Waals surface area contributed by atoms with Gasteiger partial charge in [0.1, 0.15) is 5.69 Å². The molecule has 6 nitrogen and oxygen atoms in total. The summed E-state index contributed by atoms with van der Waals surface area (Å²) in [7, 11) is 0.